The molecule has 756 valence electrons. The van der Waals surface area contributed by atoms with E-state index in [1.165, 1.54) is 43.4 Å². The number of unbranched alkanes of at least 4 members (excludes halogenated alkanes) is 7. The van der Waals surface area contributed by atoms with E-state index in [4.69, 9.17) is 14.2 Å². The number of aryl methyl sites for hydroxylation is 2. The number of thioether (sulfide) groups is 1. The second-order valence-corrected chi connectivity index (χ2v) is 46.8. The van der Waals surface area contributed by atoms with Crippen molar-refractivity contribution in [3.05, 3.63) is 89.0 Å². The Hall–Kier alpha value is -8.61. The van der Waals surface area contributed by atoms with Crippen LogP contribution in [-0.2, 0) is 104 Å². The summed E-state index contributed by atoms with van der Waals surface area (Å²) in [4.78, 5) is 148. The highest BCUT2D eigenvalue weighted by Gasteiger charge is 2.41. The molecule has 134 heavy (non-hydrogen) atoms. The standard InChI is InChI=1S/C29H38N6O4.C19H33N3O3.C18H31NO3S.C16H27N3O2.C14H27NO3.C8H18/c1-29(2,3)31-25(37)13-8-17-39-18-16-30-24(36)14-15-26(38)35-19-20-9-4-5-10-21(20)27-28(33-34-32-27)22-11-6-7-12-23(22)35;1-18(2,3)13-16(23)8-7-15-14-22(21-20-15)10-12-25-11-9-17(24)19(4,5)6;1-17(2,3)14(20)10-8-7-9-11-19-15(21)12-13(16(19)22)23-18(4,5)6;1-15(2,3)9-13(20)8-7-12-10-19(18-17-12)11-14(21)16(4,5)6;1-13(2,3)11(16)7-9-18-10-8-12(17)15-14(4,5)6;1-3-5-7-8-6-4-2/h4-7,9-12,27-28H,8,13-19H2,1-3H3,(H,30,36)(H,31,37)(H,32,33);14H,7-13H2,1-6H3;13H,7-12H2,1-6H3;10H,7-9,11H2,1-6H3;7-10H2,1-6H3,(H,15,17);3-8H2,1-2H3. The molecule has 0 radical (unpaired) electrons. The average molecular weight is 1890 g/mol. The predicted molar refractivity (Wildman–Crippen MR) is 534 cm³/mol. The Bertz CT molecular complexity index is 4310. The number of nitrogens with zero attached hydrogens (tertiary/aromatic N) is 10. The van der Waals surface area contributed by atoms with Crippen molar-refractivity contribution in [1.82, 2.24) is 56.3 Å². The van der Waals surface area contributed by atoms with E-state index >= 15 is 0 Å². The average Bonchev–Trinajstić information content (AvgIpc) is 1.54. The molecule has 3 aliphatic heterocycles. The van der Waals surface area contributed by atoms with Gasteiger partial charge >= 0.3 is 0 Å². The quantitative estimate of drug-likeness (QED) is 0.0236. The first-order chi connectivity index (χ1) is 62.0. The maximum absolute atomic E-state index is 13.4. The summed E-state index contributed by atoms with van der Waals surface area (Å²) in [6.07, 6.45) is 21.2. The van der Waals surface area contributed by atoms with Crippen molar-refractivity contribution >= 4 is 87.6 Å². The number of carbonyl (C=O) groups excluding carboxylic acids is 12. The molecule has 4 N–H and O–H groups in total. The SMILES string of the molecule is CC(C)(C)CC(=O)CCc1cn(CC(=O)C(C)(C)C)nn1.CC(C)(C)CC(=O)CCc1cn(CCOCCC(=O)C(C)(C)C)nn1.CC(C)(C)NC(=O)CCCOCCNC(=O)CCC(=O)N1Cc2ccccc2C2NN=NC2c2ccccc21.CC(C)(C)NC(=O)CCOCCC(=O)C(C)(C)C.CC(C)(C)SC1CC(=O)N(CCCCCC(=O)C(C)(C)C)C1=O.CCCCCCCC. The molecule has 2 aromatic carbocycles. The number of rotatable bonds is 44. The van der Waals surface area contributed by atoms with Crippen molar-refractivity contribution in [2.45, 2.75) is 408 Å². The van der Waals surface area contributed by atoms with Crippen LogP contribution >= 0.6 is 11.8 Å². The van der Waals surface area contributed by atoms with Crippen molar-refractivity contribution in [1.29, 1.82) is 0 Å². The minimum atomic E-state index is -0.380. The molecule has 3 unspecified atom stereocenters. The second-order valence-electron chi connectivity index (χ2n) is 44.8. The highest BCUT2D eigenvalue weighted by molar-refractivity contribution is 8.01. The summed E-state index contributed by atoms with van der Waals surface area (Å²) in [7, 11) is 0. The van der Waals surface area contributed by atoms with Crippen LogP contribution in [0.3, 0.4) is 0 Å². The van der Waals surface area contributed by atoms with Crippen LogP contribution in [0.5, 0.6) is 0 Å². The first-order valence-electron chi connectivity index (χ1n) is 48.7. The van der Waals surface area contributed by atoms with Crippen LogP contribution in [0.1, 0.15) is 382 Å². The number of nitrogens with one attached hydrogen (secondary N) is 4. The molecule has 0 aliphatic carbocycles. The number of anilines is 1. The van der Waals surface area contributed by atoms with E-state index < -0.39 is 0 Å². The van der Waals surface area contributed by atoms with E-state index in [1.54, 1.807) is 32.2 Å². The lowest BCUT2D eigenvalue weighted by Crippen LogP contribution is -2.40. The Balaban J connectivity index is 0.000000570. The summed E-state index contributed by atoms with van der Waals surface area (Å²) in [5, 5.41) is 33.0. The molecule has 0 bridgehead atoms. The summed E-state index contributed by atoms with van der Waals surface area (Å²) >= 11 is 1.57. The maximum Gasteiger partial charge on any atom is 0.242 e. The molecule has 5 heterocycles. The number of amides is 6. The molecule has 29 nitrogen and oxygen atoms in total. The van der Waals surface area contributed by atoms with Gasteiger partial charge in [0.2, 0.25) is 35.4 Å². The number of ether oxygens (including phenoxy) is 3. The van der Waals surface area contributed by atoms with Crippen LogP contribution in [0.25, 0.3) is 0 Å². The third-order valence-electron chi connectivity index (χ3n) is 21.0. The minimum absolute atomic E-state index is 0.000617. The smallest absolute Gasteiger partial charge is 0.242 e. The fourth-order valence-corrected chi connectivity index (χ4v) is 15.0. The van der Waals surface area contributed by atoms with Crippen molar-refractivity contribution < 1.29 is 71.7 Å². The van der Waals surface area contributed by atoms with Gasteiger partial charge in [-0.3, -0.25) is 67.9 Å². The number of ketones is 6. The van der Waals surface area contributed by atoms with Gasteiger partial charge in [0.15, 0.2) is 5.78 Å². The molecule has 2 aromatic heterocycles. The van der Waals surface area contributed by atoms with Gasteiger partial charge in [-0.25, -0.2) is 9.36 Å². The van der Waals surface area contributed by atoms with Crippen LogP contribution < -0.4 is 26.3 Å². The monoisotopic (exact) mass is 1890 g/mol. The Morgan fingerprint density at radius 2 is 0.933 bits per heavy atom. The lowest BCUT2D eigenvalue weighted by molar-refractivity contribution is -0.138. The van der Waals surface area contributed by atoms with Crippen molar-refractivity contribution in [2.75, 3.05) is 57.6 Å². The molecule has 6 amide bonds. The molecular weight excluding hydrogens is 1720 g/mol. The summed E-state index contributed by atoms with van der Waals surface area (Å²) in [6, 6.07) is 15.4. The number of carbonyl (C=O) groups is 12. The topological polar surface area (TPSA) is 373 Å². The van der Waals surface area contributed by atoms with Crippen molar-refractivity contribution in [3.8, 4) is 0 Å². The van der Waals surface area contributed by atoms with E-state index in [1.807, 2.05) is 179 Å². The van der Waals surface area contributed by atoms with Gasteiger partial charge < -0.3 is 35.1 Å². The molecule has 3 atom stereocenters. The van der Waals surface area contributed by atoms with Gasteiger partial charge in [-0.2, -0.15) is 5.11 Å². The third kappa shape index (κ3) is 54.4. The maximum atomic E-state index is 13.4. The zero-order valence-corrected chi connectivity index (χ0v) is 88.6. The zero-order valence-electron chi connectivity index (χ0n) is 87.8. The van der Waals surface area contributed by atoms with Crippen LogP contribution in [0, 0.1) is 32.5 Å². The number of imide groups is 1. The van der Waals surface area contributed by atoms with E-state index in [0.717, 1.165) is 53.0 Å². The molecule has 1 saturated heterocycles. The first-order valence-corrected chi connectivity index (χ1v) is 49.6. The van der Waals surface area contributed by atoms with Crippen LogP contribution in [0.4, 0.5) is 5.69 Å². The van der Waals surface area contributed by atoms with Gasteiger partial charge in [-0.05, 0) is 102 Å². The van der Waals surface area contributed by atoms with E-state index in [2.05, 4.69) is 128 Å². The van der Waals surface area contributed by atoms with Crippen LogP contribution in [-0.4, -0.2) is 179 Å². The highest BCUT2D eigenvalue weighted by Crippen LogP contribution is 2.44. The van der Waals surface area contributed by atoms with E-state index in [-0.39, 0.29) is 155 Å². The fraction of sp³-hybridized carbons (Fsp3) is 0.731. The van der Waals surface area contributed by atoms with Crippen molar-refractivity contribution in [2.24, 2.45) is 42.8 Å². The molecule has 0 saturated carbocycles. The van der Waals surface area contributed by atoms with Gasteiger partial charge in [0, 0.05) is 158 Å². The lowest BCUT2D eigenvalue weighted by atomic mass is 9.88. The molecule has 30 heteroatoms. The van der Waals surface area contributed by atoms with Gasteiger partial charge in [0.05, 0.1) is 68.8 Å². The van der Waals surface area contributed by atoms with E-state index in [0.29, 0.717) is 149 Å². The predicted octanol–water partition coefficient (Wildman–Crippen LogP) is 19.5. The van der Waals surface area contributed by atoms with E-state index in [9.17, 15) is 57.5 Å². The summed E-state index contributed by atoms with van der Waals surface area (Å²) in [6.45, 7) is 62.1. The molecular formula is C104H174N14O15S. The molecule has 7 rings (SSSR count). The fourth-order valence-electron chi connectivity index (χ4n) is 13.7. The Kier molecular flexibility index (Phi) is 53.3. The number of hydrogen-bond acceptors (Lipinski definition) is 23. The molecule has 0 spiro atoms. The van der Waals surface area contributed by atoms with Crippen molar-refractivity contribution in [3.63, 3.8) is 0 Å². The Morgan fingerprint density at radius 3 is 1.45 bits per heavy atom. The normalized spacial score (nSPS) is 15.0. The number of hydrogen-bond donors (Lipinski definition) is 4. The third-order valence-corrected chi connectivity index (χ3v) is 22.4. The number of Topliss-reactive ketones (excluding diaryl/α,β-unsaturated/α-hetero) is 6. The second kappa shape index (κ2) is 58.9. The summed E-state index contributed by atoms with van der Waals surface area (Å²) in [5.74, 6) is 0.820. The lowest BCUT2D eigenvalue weighted by Gasteiger charge is -2.32. The molecule has 3 aliphatic rings. The number of benzene rings is 2. The van der Waals surface area contributed by atoms with Gasteiger partial charge in [0.25, 0.3) is 0 Å². The van der Waals surface area contributed by atoms with Gasteiger partial charge in [0.1, 0.15) is 41.5 Å². The zero-order chi connectivity index (χ0) is 102. The molecule has 1 fully saturated rings. The Labute approximate surface area is 808 Å². The van der Waals surface area contributed by atoms with Crippen LogP contribution in [0.15, 0.2) is 71.3 Å². The number of likely N-dealkylation sites (tertiary alicyclic amines) is 1. The number of fused-ring (bicyclic) bond motifs is 5. The van der Waals surface area contributed by atoms with Crippen LogP contribution in [0.2, 0.25) is 0 Å². The number of aromatic nitrogens is 6. The Morgan fingerprint density at radius 1 is 0.463 bits per heavy atom. The highest BCUT2D eigenvalue weighted by atomic mass is 32.2. The largest absolute Gasteiger partial charge is 0.380 e. The van der Waals surface area contributed by atoms with Gasteiger partial charge in [-0.1, -0.05) is 262 Å². The number of para-hydroxylation sites is 1. The molecule has 4 aromatic rings. The first kappa shape index (κ1) is 121. The van der Waals surface area contributed by atoms with Gasteiger partial charge in [-0.15, -0.1) is 22.0 Å². The summed E-state index contributed by atoms with van der Waals surface area (Å²) in [5.41, 5.74) is 6.83. The summed E-state index contributed by atoms with van der Waals surface area (Å²) < 4.78 is 19.6. The minimum Gasteiger partial charge on any atom is -0.380 e.